The van der Waals surface area contributed by atoms with Gasteiger partial charge in [0.25, 0.3) is 0 Å². The summed E-state index contributed by atoms with van der Waals surface area (Å²) >= 11 is 0. The summed E-state index contributed by atoms with van der Waals surface area (Å²) in [7, 11) is -1.46. The molecule has 0 bridgehead atoms. The van der Waals surface area contributed by atoms with Gasteiger partial charge >= 0.3 is 0 Å². The van der Waals surface area contributed by atoms with E-state index in [1.54, 1.807) is 18.4 Å². The highest BCUT2D eigenvalue weighted by molar-refractivity contribution is 7.82. The van der Waals surface area contributed by atoms with Gasteiger partial charge in [-0.05, 0) is 17.7 Å². The van der Waals surface area contributed by atoms with Crippen LogP contribution in [0.15, 0.2) is 70.3 Å². The standard InChI is InChI=1S/C15H12N2O2S/c16-20(18)13-8-6-11(7-9-13)14-10-19-17-15(14)12-4-2-1-3-5-12/h1-10H,16H2. The number of hydrogen-bond donors (Lipinski definition) is 1. The van der Waals surface area contributed by atoms with E-state index in [0.29, 0.717) is 4.90 Å². The van der Waals surface area contributed by atoms with E-state index in [9.17, 15) is 4.21 Å². The first-order valence-corrected chi connectivity index (χ1v) is 7.23. The Morgan fingerprint density at radius 3 is 2.30 bits per heavy atom. The number of nitrogens with two attached hydrogens (primary N) is 1. The molecule has 0 saturated carbocycles. The predicted octanol–water partition coefficient (Wildman–Crippen LogP) is 2.99. The molecular formula is C15H12N2O2S. The van der Waals surface area contributed by atoms with E-state index in [-0.39, 0.29) is 0 Å². The molecular weight excluding hydrogens is 272 g/mol. The Bertz CT molecular complexity index is 736. The lowest BCUT2D eigenvalue weighted by molar-refractivity contribution is 0.422. The quantitative estimate of drug-likeness (QED) is 0.803. The molecule has 100 valence electrons. The molecule has 0 spiro atoms. The normalized spacial score (nSPS) is 12.2. The van der Waals surface area contributed by atoms with Crippen molar-refractivity contribution in [2.24, 2.45) is 5.14 Å². The fourth-order valence-electron chi connectivity index (χ4n) is 2.01. The fourth-order valence-corrected chi connectivity index (χ4v) is 2.42. The highest BCUT2D eigenvalue weighted by Crippen LogP contribution is 2.31. The monoisotopic (exact) mass is 284 g/mol. The molecule has 1 aromatic heterocycles. The van der Waals surface area contributed by atoms with Crippen molar-refractivity contribution in [1.29, 1.82) is 0 Å². The number of rotatable bonds is 3. The fraction of sp³-hybridized carbons (Fsp3) is 0. The van der Waals surface area contributed by atoms with E-state index in [2.05, 4.69) is 5.16 Å². The average molecular weight is 284 g/mol. The van der Waals surface area contributed by atoms with E-state index >= 15 is 0 Å². The van der Waals surface area contributed by atoms with Crippen molar-refractivity contribution < 1.29 is 8.73 Å². The first-order chi connectivity index (χ1) is 9.75. The van der Waals surface area contributed by atoms with Gasteiger partial charge in [-0.1, -0.05) is 47.6 Å². The molecule has 0 radical (unpaired) electrons. The SMILES string of the molecule is NS(=O)c1ccc(-c2conc2-c2ccccc2)cc1. The van der Waals surface area contributed by atoms with Crippen molar-refractivity contribution in [3.8, 4) is 22.4 Å². The highest BCUT2D eigenvalue weighted by atomic mass is 32.2. The smallest absolute Gasteiger partial charge is 0.132 e. The van der Waals surface area contributed by atoms with Gasteiger partial charge in [0.05, 0.1) is 4.90 Å². The minimum Gasteiger partial charge on any atom is -0.363 e. The third-order valence-corrected chi connectivity index (χ3v) is 3.75. The first-order valence-electron chi connectivity index (χ1n) is 6.02. The lowest BCUT2D eigenvalue weighted by Crippen LogP contribution is -2.01. The van der Waals surface area contributed by atoms with Crippen LogP contribution in [0, 0.1) is 0 Å². The summed E-state index contributed by atoms with van der Waals surface area (Å²) in [6.45, 7) is 0. The summed E-state index contributed by atoms with van der Waals surface area (Å²) < 4.78 is 16.3. The topological polar surface area (TPSA) is 69.1 Å². The summed E-state index contributed by atoms with van der Waals surface area (Å²) in [5, 5.41) is 9.41. The van der Waals surface area contributed by atoms with E-state index in [1.807, 2.05) is 42.5 Å². The van der Waals surface area contributed by atoms with Crippen LogP contribution in [0.4, 0.5) is 0 Å². The van der Waals surface area contributed by atoms with E-state index < -0.39 is 11.0 Å². The van der Waals surface area contributed by atoms with Crippen LogP contribution in [0.1, 0.15) is 0 Å². The van der Waals surface area contributed by atoms with Crippen LogP contribution < -0.4 is 5.14 Å². The van der Waals surface area contributed by atoms with Crippen molar-refractivity contribution in [2.45, 2.75) is 4.90 Å². The van der Waals surface area contributed by atoms with Gasteiger partial charge in [-0.25, -0.2) is 9.35 Å². The van der Waals surface area contributed by atoms with Gasteiger partial charge in [0.2, 0.25) is 0 Å². The Hall–Kier alpha value is -2.24. The van der Waals surface area contributed by atoms with Gasteiger partial charge in [0.1, 0.15) is 22.9 Å². The third kappa shape index (κ3) is 2.41. The van der Waals surface area contributed by atoms with Crippen LogP contribution in [-0.2, 0) is 11.0 Å². The zero-order valence-corrected chi connectivity index (χ0v) is 11.3. The van der Waals surface area contributed by atoms with Crippen LogP contribution >= 0.6 is 0 Å². The molecule has 0 fully saturated rings. The van der Waals surface area contributed by atoms with Crippen molar-refractivity contribution in [2.75, 3.05) is 0 Å². The molecule has 0 aliphatic rings. The lowest BCUT2D eigenvalue weighted by Gasteiger charge is -2.02. The summed E-state index contributed by atoms with van der Waals surface area (Å²) in [4.78, 5) is 0.589. The van der Waals surface area contributed by atoms with Gasteiger partial charge in [-0.2, -0.15) is 0 Å². The first kappa shape index (κ1) is 12.8. The highest BCUT2D eigenvalue weighted by Gasteiger charge is 2.12. The Labute approximate surface area is 118 Å². The summed E-state index contributed by atoms with van der Waals surface area (Å²) in [5.74, 6) is 0. The second-order valence-electron chi connectivity index (χ2n) is 4.26. The van der Waals surface area contributed by atoms with E-state index in [4.69, 9.17) is 9.66 Å². The Kier molecular flexibility index (Phi) is 3.45. The number of hydrogen-bond acceptors (Lipinski definition) is 3. The maximum absolute atomic E-state index is 11.2. The maximum atomic E-state index is 11.2. The Balaban J connectivity index is 2.04. The van der Waals surface area contributed by atoms with Crippen LogP contribution in [-0.4, -0.2) is 9.37 Å². The van der Waals surface area contributed by atoms with E-state index in [1.165, 1.54) is 0 Å². The predicted molar refractivity (Wildman–Crippen MR) is 78.0 cm³/mol. The molecule has 2 N–H and O–H groups in total. The number of benzene rings is 2. The van der Waals surface area contributed by atoms with Crippen LogP contribution in [0.2, 0.25) is 0 Å². The van der Waals surface area contributed by atoms with Crippen LogP contribution in [0.3, 0.4) is 0 Å². The zero-order valence-electron chi connectivity index (χ0n) is 10.5. The van der Waals surface area contributed by atoms with E-state index in [0.717, 1.165) is 22.4 Å². The van der Waals surface area contributed by atoms with Crippen molar-refractivity contribution in [3.05, 3.63) is 60.9 Å². The van der Waals surface area contributed by atoms with Gasteiger partial charge in [-0.3, -0.25) is 0 Å². The van der Waals surface area contributed by atoms with Gasteiger partial charge in [0, 0.05) is 11.1 Å². The Morgan fingerprint density at radius 1 is 0.950 bits per heavy atom. The van der Waals surface area contributed by atoms with Gasteiger partial charge in [-0.15, -0.1) is 0 Å². The molecule has 0 amide bonds. The third-order valence-electron chi connectivity index (χ3n) is 3.01. The van der Waals surface area contributed by atoms with Crippen molar-refractivity contribution >= 4 is 11.0 Å². The minimum atomic E-state index is -1.46. The van der Waals surface area contributed by atoms with Crippen molar-refractivity contribution in [1.82, 2.24) is 5.16 Å². The molecule has 4 nitrogen and oxygen atoms in total. The minimum absolute atomic E-state index is 0.589. The molecule has 0 aliphatic heterocycles. The number of aromatic nitrogens is 1. The molecule has 1 heterocycles. The molecule has 1 unspecified atom stereocenters. The Morgan fingerprint density at radius 2 is 1.65 bits per heavy atom. The number of nitrogens with zero attached hydrogens (tertiary/aromatic N) is 1. The van der Waals surface area contributed by atoms with Gasteiger partial charge < -0.3 is 4.52 Å². The van der Waals surface area contributed by atoms with Crippen molar-refractivity contribution in [3.63, 3.8) is 0 Å². The maximum Gasteiger partial charge on any atom is 0.132 e. The molecule has 0 aliphatic carbocycles. The summed E-state index contributed by atoms with van der Waals surface area (Å²) in [5.41, 5.74) is 3.61. The molecule has 20 heavy (non-hydrogen) atoms. The summed E-state index contributed by atoms with van der Waals surface area (Å²) in [6.07, 6.45) is 1.61. The molecule has 1 atom stereocenters. The lowest BCUT2D eigenvalue weighted by atomic mass is 10.0. The average Bonchev–Trinajstić information content (AvgIpc) is 2.97. The second-order valence-corrected chi connectivity index (χ2v) is 5.33. The molecule has 3 aromatic rings. The van der Waals surface area contributed by atoms with Gasteiger partial charge in [0.15, 0.2) is 0 Å². The molecule has 3 rings (SSSR count). The van der Waals surface area contributed by atoms with Crippen LogP contribution in [0.25, 0.3) is 22.4 Å². The van der Waals surface area contributed by atoms with Crippen LogP contribution in [0.5, 0.6) is 0 Å². The zero-order chi connectivity index (χ0) is 13.9. The molecule has 0 saturated heterocycles. The largest absolute Gasteiger partial charge is 0.363 e. The summed E-state index contributed by atoms with van der Waals surface area (Å²) in [6, 6.07) is 17.0. The second kappa shape index (κ2) is 5.40. The molecule has 2 aromatic carbocycles. The molecule has 5 heteroatoms.